The zero-order valence-corrected chi connectivity index (χ0v) is 12.3. The Morgan fingerprint density at radius 3 is 1.77 bits per heavy atom. The highest BCUT2D eigenvalue weighted by Gasteiger charge is 2.52. The van der Waals surface area contributed by atoms with E-state index >= 15 is 0 Å². The van der Waals surface area contributed by atoms with Crippen molar-refractivity contribution in [3.63, 3.8) is 0 Å². The zero-order chi connectivity index (χ0) is 16.3. The maximum absolute atomic E-state index is 12.1. The molecule has 0 aromatic heterocycles. The molecule has 122 valence electrons. The second kappa shape index (κ2) is 7.17. The van der Waals surface area contributed by atoms with Crippen LogP contribution in [0.4, 0.5) is 0 Å². The average molecular weight is 312 g/mol. The first kappa shape index (κ1) is 16.9. The first-order chi connectivity index (χ1) is 10.5. The van der Waals surface area contributed by atoms with Crippen LogP contribution in [0.5, 0.6) is 0 Å². The number of carbonyl (C=O) groups is 1. The van der Waals surface area contributed by atoms with E-state index < -0.39 is 42.6 Å². The molecule has 1 aromatic rings. The zero-order valence-electron chi connectivity index (χ0n) is 12.3. The summed E-state index contributed by atoms with van der Waals surface area (Å²) < 4.78 is 15.3. The minimum absolute atomic E-state index is 0.288. The fourth-order valence-corrected chi connectivity index (χ4v) is 2.63. The molecular weight excluding hydrogens is 292 g/mol. The summed E-state index contributed by atoms with van der Waals surface area (Å²) in [5, 5.41) is 30.4. The summed E-state index contributed by atoms with van der Waals surface area (Å²) in [6, 6.07) is 8.20. The lowest BCUT2D eigenvalue weighted by Gasteiger charge is -2.43. The van der Waals surface area contributed by atoms with Crippen molar-refractivity contribution in [2.75, 3.05) is 14.2 Å². The number of aliphatic hydroxyl groups is 3. The summed E-state index contributed by atoms with van der Waals surface area (Å²) in [6.07, 6.45) is -7.36. The summed E-state index contributed by atoms with van der Waals surface area (Å²) in [6.45, 7) is 0. The fraction of sp³-hybridized carbons (Fsp3) is 0.533. The first-order valence-electron chi connectivity index (χ1n) is 6.87. The van der Waals surface area contributed by atoms with Gasteiger partial charge in [-0.15, -0.1) is 0 Å². The second-order valence-corrected chi connectivity index (χ2v) is 5.11. The number of benzene rings is 1. The first-order valence-corrected chi connectivity index (χ1v) is 6.87. The summed E-state index contributed by atoms with van der Waals surface area (Å²) in [5.74, 6) is -0.690. The molecule has 1 aliphatic carbocycles. The molecule has 1 fully saturated rings. The smallest absolute Gasteiger partial charge is 0.338 e. The predicted octanol–water partition coefficient (Wildman–Crippen LogP) is -0.662. The van der Waals surface area contributed by atoms with Crippen molar-refractivity contribution >= 4 is 5.97 Å². The molecule has 1 aromatic carbocycles. The quantitative estimate of drug-likeness (QED) is 0.634. The van der Waals surface area contributed by atoms with E-state index in [-0.39, 0.29) is 5.56 Å². The molecule has 7 heteroatoms. The van der Waals surface area contributed by atoms with Gasteiger partial charge in [-0.1, -0.05) is 18.2 Å². The Morgan fingerprint density at radius 2 is 1.32 bits per heavy atom. The van der Waals surface area contributed by atoms with Crippen molar-refractivity contribution in [2.24, 2.45) is 0 Å². The molecule has 22 heavy (non-hydrogen) atoms. The monoisotopic (exact) mass is 312 g/mol. The van der Waals surface area contributed by atoms with Gasteiger partial charge >= 0.3 is 5.97 Å². The highest BCUT2D eigenvalue weighted by molar-refractivity contribution is 5.89. The number of hydrogen-bond acceptors (Lipinski definition) is 7. The molecule has 3 N–H and O–H groups in total. The third-order valence-electron chi connectivity index (χ3n) is 3.82. The van der Waals surface area contributed by atoms with E-state index in [0.717, 1.165) is 0 Å². The molecule has 1 saturated carbocycles. The van der Waals surface area contributed by atoms with Gasteiger partial charge in [-0.3, -0.25) is 0 Å². The summed E-state index contributed by atoms with van der Waals surface area (Å²) in [4.78, 5) is 12.1. The largest absolute Gasteiger partial charge is 0.453 e. The number of rotatable bonds is 4. The highest BCUT2D eigenvalue weighted by atomic mass is 16.6. The predicted molar refractivity (Wildman–Crippen MR) is 75.3 cm³/mol. The van der Waals surface area contributed by atoms with Crippen LogP contribution in [-0.4, -0.2) is 72.1 Å². The minimum atomic E-state index is -1.38. The van der Waals surface area contributed by atoms with E-state index in [4.69, 9.17) is 14.2 Å². The molecule has 0 amide bonds. The van der Waals surface area contributed by atoms with E-state index in [0.29, 0.717) is 0 Å². The standard InChI is InChI=1S/C15H20O7/c1-20-12-9(16)13(21-2)11(18)14(10(12)17)22-15(19)8-6-4-3-5-7-8/h3-7,9-14,16-18H,1-2H3/t9?,10-,11+,12+,13-,14?. The molecule has 6 atom stereocenters. The molecule has 0 aliphatic heterocycles. The average Bonchev–Trinajstić information content (AvgIpc) is 2.53. The van der Waals surface area contributed by atoms with Crippen LogP contribution in [-0.2, 0) is 14.2 Å². The van der Waals surface area contributed by atoms with Crippen molar-refractivity contribution in [3.05, 3.63) is 35.9 Å². The molecule has 0 bridgehead atoms. The van der Waals surface area contributed by atoms with Gasteiger partial charge in [0.05, 0.1) is 5.56 Å². The maximum Gasteiger partial charge on any atom is 0.338 e. The van der Waals surface area contributed by atoms with Gasteiger partial charge in [-0.2, -0.15) is 0 Å². The third kappa shape index (κ3) is 3.13. The number of aliphatic hydroxyl groups excluding tert-OH is 3. The lowest BCUT2D eigenvalue weighted by atomic mass is 9.84. The van der Waals surface area contributed by atoms with Crippen molar-refractivity contribution < 1.29 is 34.3 Å². The van der Waals surface area contributed by atoms with Gasteiger partial charge in [0.25, 0.3) is 0 Å². The summed E-state index contributed by atoms with van der Waals surface area (Å²) in [5.41, 5.74) is 0.288. The summed E-state index contributed by atoms with van der Waals surface area (Å²) in [7, 11) is 2.61. The van der Waals surface area contributed by atoms with Crippen LogP contribution in [0, 0.1) is 0 Å². The van der Waals surface area contributed by atoms with Gasteiger partial charge in [0.1, 0.15) is 30.5 Å². The number of methoxy groups -OCH3 is 2. The van der Waals surface area contributed by atoms with Crippen LogP contribution < -0.4 is 0 Å². The number of ether oxygens (including phenoxy) is 3. The Hall–Kier alpha value is -1.51. The lowest BCUT2D eigenvalue weighted by Crippen LogP contribution is -2.65. The Kier molecular flexibility index (Phi) is 5.49. The van der Waals surface area contributed by atoms with Crippen LogP contribution in [0.2, 0.25) is 0 Å². The van der Waals surface area contributed by atoms with E-state index in [1.54, 1.807) is 30.3 Å². The van der Waals surface area contributed by atoms with Crippen molar-refractivity contribution in [2.45, 2.75) is 36.6 Å². The molecular formula is C15H20O7. The maximum atomic E-state index is 12.1. The van der Waals surface area contributed by atoms with E-state index in [1.807, 2.05) is 0 Å². The molecule has 1 aliphatic rings. The highest BCUT2D eigenvalue weighted by Crippen LogP contribution is 2.28. The second-order valence-electron chi connectivity index (χ2n) is 5.11. The van der Waals surface area contributed by atoms with Crippen LogP contribution in [0.3, 0.4) is 0 Å². The van der Waals surface area contributed by atoms with Crippen LogP contribution >= 0.6 is 0 Å². The number of hydrogen-bond donors (Lipinski definition) is 3. The normalized spacial score (nSPS) is 35.1. The van der Waals surface area contributed by atoms with E-state index in [2.05, 4.69) is 0 Å². The van der Waals surface area contributed by atoms with Gasteiger partial charge < -0.3 is 29.5 Å². The Bertz CT molecular complexity index is 474. The van der Waals surface area contributed by atoms with Gasteiger partial charge in [0.15, 0.2) is 6.10 Å². The number of esters is 1. The van der Waals surface area contributed by atoms with Gasteiger partial charge in [0.2, 0.25) is 0 Å². The molecule has 7 nitrogen and oxygen atoms in total. The van der Waals surface area contributed by atoms with Crippen molar-refractivity contribution in [3.8, 4) is 0 Å². The fourth-order valence-electron chi connectivity index (χ4n) is 2.63. The Labute approximate surface area is 128 Å². The SMILES string of the molecule is CO[C@@H]1C(O)[C@H](OC)[C@@H](O)C(OC(=O)c2ccccc2)[C@H]1O. The van der Waals surface area contributed by atoms with Crippen molar-refractivity contribution in [1.82, 2.24) is 0 Å². The third-order valence-corrected chi connectivity index (χ3v) is 3.82. The molecule has 0 spiro atoms. The molecule has 2 unspecified atom stereocenters. The van der Waals surface area contributed by atoms with Crippen LogP contribution in [0.15, 0.2) is 30.3 Å². The Balaban J connectivity index is 2.19. The van der Waals surface area contributed by atoms with E-state index in [1.165, 1.54) is 14.2 Å². The number of carbonyl (C=O) groups excluding carboxylic acids is 1. The van der Waals surface area contributed by atoms with E-state index in [9.17, 15) is 20.1 Å². The molecule has 0 radical (unpaired) electrons. The van der Waals surface area contributed by atoms with Gasteiger partial charge in [-0.25, -0.2) is 4.79 Å². The topological polar surface area (TPSA) is 105 Å². The van der Waals surface area contributed by atoms with Gasteiger partial charge in [0, 0.05) is 14.2 Å². The van der Waals surface area contributed by atoms with Crippen LogP contribution in [0.1, 0.15) is 10.4 Å². The minimum Gasteiger partial charge on any atom is -0.453 e. The molecule has 0 saturated heterocycles. The van der Waals surface area contributed by atoms with Crippen LogP contribution in [0.25, 0.3) is 0 Å². The van der Waals surface area contributed by atoms with Crippen molar-refractivity contribution in [1.29, 1.82) is 0 Å². The lowest BCUT2D eigenvalue weighted by molar-refractivity contribution is -0.235. The summed E-state index contributed by atoms with van der Waals surface area (Å²) >= 11 is 0. The Morgan fingerprint density at radius 1 is 0.864 bits per heavy atom. The molecule has 0 heterocycles. The van der Waals surface area contributed by atoms with Gasteiger partial charge in [-0.05, 0) is 12.1 Å². The molecule has 2 rings (SSSR count).